The van der Waals surface area contributed by atoms with Gasteiger partial charge in [-0.3, -0.25) is 4.98 Å². The molecule has 0 unspecified atom stereocenters. The van der Waals surface area contributed by atoms with Crippen molar-refractivity contribution in [3.05, 3.63) is 40.8 Å². The highest BCUT2D eigenvalue weighted by Gasteiger charge is 2.11. The van der Waals surface area contributed by atoms with Gasteiger partial charge < -0.3 is 14.7 Å². The van der Waals surface area contributed by atoms with Crippen molar-refractivity contribution in [2.24, 2.45) is 12.8 Å². The highest BCUT2D eigenvalue weighted by molar-refractivity contribution is 5.79. The van der Waals surface area contributed by atoms with Crippen LogP contribution in [-0.4, -0.2) is 14.5 Å². The largest absolute Gasteiger partial charge is 0.417 e. The first-order chi connectivity index (χ1) is 8.69. The zero-order valence-electron chi connectivity index (χ0n) is 9.80. The number of hydrogen-bond acceptors (Lipinski definition) is 4. The molecular weight excluding hydrogens is 232 g/mol. The van der Waals surface area contributed by atoms with E-state index in [4.69, 9.17) is 10.2 Å². The molecule has 0 spiro atoms. The maximum atomic E-state index is 11.1. The van der Waals surface area contributed by atoms with Gasteiger partial charge in [0.05, 0.1) is 23.2 Å². The van der Waals surface area contributed by atoms with E-state index in [1.165, 1.54) is 0 Å². The molecular formula is C12H12N4O2. The standard InChI is InChI=1S/C12H12N4O2/c1-16-6-14-9(5-13)11(16)7-2-3-10-8(4-7)15-12(17)18-10/h2-4,6H,5,13H2,1H3,(H,15,17). The summed E-state index contributed by atoms with van der Waals surface area (Å²) in [7, 11) is 1.91. The van der Waals surface area contributed by atoms with E-state index in [1.807, 2.05) is 23.7 Å². The molecule has 3 N–H and O–H groups in total. The molecule has 2 aromatic heterocycles. The number of imidazole rings is 1. The van der Waals surface area contributed by atoms with E-state index in [2.05, 4.69) is 9.97 Å². The van der Waals surface area contributed by atoms with Crippen molar-refractivity contribution in [3.63, 3.8) is 0 Å². The topological polar surface area (TPSA) is 89.8 Å². The number of aromatic nitrogens is 3. The molecule has 0 saturated carbocycles. The van der Waals surface area contributed by atoms with Crippen molar-refractivity contribution in [1.82, 2.24) is 14.5 Å². The lowest BCUT2D eigenvalue weighted by Crippen LogP contribution is -2.00. The van der Waals surface area contributed by atoms with Crippen molar-refractivity contribution >= 4 is 11.1 Å². The molecule has 0 atom stereocenters. The first kappa shape index (κ1) is 10.8. The summed E-state index contributed by atoms with van der Waals surface area (Å²) in [5.74, 6) is -0.453. The van der Waals surface area contributed by atoms with Crippen LogP contribution in [0.3, 0.4) is 0 Å². The molecule has 0 radical (unpaired) electrons. The number of nitrogens with two attached hydrogens (primary N) is 1. The zero-order chi connectivity index (χ0) is 12.7. The lowest BCUT2D eigenvalue weighted by atomic mass is 10.1. The minimum atomic E-state index is -0.453. The van der Waals surface area contributed by atoms with Crippen LogP contribution < -0.4 is 11.5 Å². The summed E-state index contributed by atoms with van der Waals surface area (Å²) in [4.78, 5) is 18.0. The van der Waals surface area contributed by atoms with Gasteiger partial charge in [0.15, 0.2) is 5.58 Å². The first-order valence-corrected chi connectivity index (χ1v) is 5.52. The van der Waals surface area contributed by atoms with Crippen LogP contribution >= 0.6 is 0 Å². The van der Waals surface area contributed by atoms with Gasteiger partial charge in [-0.15, -0.1) is 0 Å². The third kappa shape index (κ3) is 1.54. The van der Waals surface area contributed by atoms with E-state index >= 15 is 0 Å². The summed E-state index contributed by atoms with van der Waals surface area (Å²) in [5.41, 5.74) is 9.59. The average molecular weight is 244 g/mol. The third-order valence-corrected chi connectivity index (χ3v) is 2.90. The first-order valence-electron chi connectivity index (χ1n) is 5.52. The maximum Gasteiger partial charge on any atom is 0.417 e. The summed E-state index contributed by atoms with van der Waals surface area (Å²) in [6.45, 7) is 0.371. The summed E-state index contributed by atoms with van der Waals surface area (Å²) in [5, 5.41) is 0. The molecule has 2 heterocycles. The number of oxazole rings is 1. The van der Waals surface area contributed by atoms with E-state index in [9.17, 15) is 4.79 Å². The van der Waals surface area contributed by atoms with Crippen molar-refractivity contribution in [1.29, 1.82) is 0 Å². The number of benzene rings is 1. The number of nitrogens with one attached hydrogen (secondary N) is 1. The monoisotopic (exact) mass is 244 g/mol. The molecule has 6 nitrogen and oxygen atoms in total. The highest BCUT2D eigenvalue weighted by atomic mass is 16.4. The minimum absolute atomic E-state index is 0.371. The second-order valence-corrected chi connectivity index (χ2v) is 4.08. The van der Waals surface area contributed by atoms with Crippen LogP contribution in [0.1, 0.15) is 5.69 Å². The van der Waals surface area contributed by atoms with E-state index < -0.39 is 5.76 Å². The normalized spacial score (nSPS) is 11.2. The lowest BCUT2D eigenvalue weighted by molar-refractivity contribution is 0.555. The van der Waals surface area contributed by atoms with Crippen LogP contribution in [0.5, 0.6) is 0 Å². The van der Waals surface area contributed by atoms with E-state index in [-0.39, 0.29) is 0 Å². The predicted molar refractivity (Wildman–Crippen MR) is 66.9 cm³/mol. The highest BCUT2D eigenvalue weighted by Crippen LogP contribution is 2.25. The summed E-state index contributed by atoms with van der Waals surface area (Å²) in [6, 6.07) is 5.50. The van der Waals surface area contributed by atoms with E-state index in [0.717, 1.165) is 17.0 Å². The van der Waals surface area contributed by atoms with Gasteiger partial charge in [0, 0.05) is 19.2 Å². The lowest BCUT2D eigenvalue weighted by Gasteiger charge is -2.04. The van der Waals surface area contributed by atoms with Crippen LogP contribution in [-0.2, 0) is 13.6 Å². The number of aromatic amines is 1. The van der Waals surface area contributed by atoms with E-state index in [1.54, 1.807) is 12.4 Å². The summed E-state index contributed by atoms with van der Waals surface area (Å²) < 4.78 is 6.87. The average Bonchev–Trinajstić information content (AvgIpc) is 2.89. The third-order valence-electron chi connectivity index (χ3n) is 2.90. The van der Waals surface area contributed by atoms with Gasteiger partial charge in [0.1, 0.15) is 0 Å². The fourth-order valence-electron chi connectivity index (χ4n) is 2.10. The number of H-pyrrole nitrogens is 1. The van der Waals surface area contributed by atoms with Gasteiger partial charge in [-0.25, -0.2) is 9.78 Å². The number of hydrogen-bond donors (Lipinski definition) is 2. The molecule has 0 amide bonds. The van der Waals surface area contributed by atoms with Crippen molar-refractivity contribution in [2.45, 2.75) is 6.54 Å². The zero-order valence-corrected chi connectivity index (χ0v) is 9.80. The minimum Gasteiger partial charge on any atom is -0.408 e. The van der Waals surface area contributed by atoms with Gasteiger partial charge in [-0.1, -0.05) is 0 Å². The van der Waals surface area contributed by atoms with Crippen LogP contribution in [0.4, 0.5) is 0 Å². The van der Waals surface area contributed by atoms with Crippen molar-refractivity contribution in [3.8, 4) is 11.3 Å². The number of fused-ring (bicyclic) bond motifs is 1. The fraction of sp³-hybridized carbons (Fsp3) is 0.167. The molecule has 1 aromatic carbocycles. The van der Waals surface area contributed by atoms with Gasteiger partial charge in [0.25, 0.3) is 0 Å². The van der Waals surface area contributed by atoms with Gasteiger partial charge in [-0.2, -0.15) is 0 Å². The SMILES string of the molecule is Cn1cnc(CN)c1-c1ccc2oc(=O)[nH]c2c1. The Bertz CT molecular complexity index is 766. The number of aryl methyl sites for hydroxylation is 1. The quantitative estimate of drug-likeness (QED) is 0.703. The van der Waals surface area contributed by atoms with Crippen LogP contribution in [0, 0.1) is 0 Å². The van der Waals surface area contributed by atoms with Crippen LogP contribution in [0.15, 0.2) is 33.7 Å². The molecule has 0 fully saturated rings. The molecule has 18 heavy (non-hydrogen) atoms. The van der Waals surface area contributed by atoms with Gasteiger partial charge in [0.2, 0.25) is 0 Å². The predicted octanol–water partition coefficient (Wildman–Crippen LogP) is 0.980. The molecule has 0 aliphatic rings. The van der Waals surface area contributed by atoms with Crippen molar-refractivity contribution in [2.75, 3.05) is 0 Å². The molecule has 3 rings (SSSR count). The smallest absolute Gasteiger partial charge is 0.408 e. The molecule has 3 aromatic rings. The molecule has 0 aliphatic carbocycles. The van der Waals surface area contributed by atoms with Crippen LogP contribution in [0.25, 0.3) is 22.4 Å². The van der Waals surface area contributed by atoms with Gasteiger partial charge >= 0.3 is 5.76 Å². The number of rotatable bonds is 2. The Morgan fingerprint density at radius 2 is 2.33 bits per heavy atom. The molecule has 0 saturated heterocycles. The fourth-order valence-corrected chi connectivity index (χ4v) is 2.10. The maximum absolute atomic E-state index is 11.1. The summed E-state index contributed by atoms with van der Waals surface area (Å²) in [6.07, 6.45) is 1.72. The molecule has 92 valence electrons. The Morgan fingerprint density at radius 1 is 1.50 bits per heavy atom. The van der Waals surface area contributed by atoms with Crippen LogP contribution in [0.2, 0.25) is 0 Å². The second kappa shape index (κ2) is 3.85. The molecule has 0 aliphatic heterocycles. The van der Waals surface area contributed by atoms with Gasteiger partial charge in [-0.05, 0) is 18.2 Å². The Kier molecular flexibility index (Phi) is 2.31. The Hall–Kier alpha value is -2.34. The number of nitrogens with zero attached hydrogens (tertiary/aromatic N) is 2. The Balaban J connectivity index is 2.24. The second-order valence-electron chi connectivity index (χ2n) is 4.08. The van der Waals surface area contributed by atoms with E-state index in [0.29, 0.717) is 17.6 Å². The molecule has 6 heteroatoms. The summed E-state index contributed by atoms with van der Waals surface area (Å²) >= 11 is 0. The van der Waals surface area contributed by atoms with Crippen molar-refractivity contribution < 1.29 is 4.42 Å². The Labute approximate surface area is 102 Å². The molecule has 0 bridgehead atoms. The Morgan fingerprint density at radius 3 is 3.11 bits per heavy atom.